The lowest BCUT2D eigenvalue weighted by atomic mass is 10.1. The van der Waals surface area contributed by atoms with E-state index in [9.17, 15) is 4.39 Å². The molecule has 0 fully saturated rings. The second-order valence-corrected chi connectivity index (χ2v) is 5.24. The molecule has 3 nitrogen and oxygen atoms in total. The number of halogens is 2. The zero-order valence-corrected chi connectivity index (χ0v) is 12.9. The number of rotatable bonds is 5. The van der Waals surface area contributed by atoms with Crippen LogP contribution in [0.25, 0.3) is 0 Å². The van der Waals surface area contributed by atoms with Gasteiger partial charge in [0, 0.05) is 24.4 Å². The van der Waals surface area contributed by atoms with Crippen molar-refractivity contribution in [3.63, 3.8) is 0 Å². The van der Waals surface area contributed by atoms with Crippen molar-refractivity contribution in [3.05, 3.63) is 52.4 Å². The Balaban J connectivity index is 2.16. The minimum absolute atomic E-state index is 0.215. The van der Waals surface area contributed by atoms with Crippen LogP contribution in [0.2, 0.25) is 0 Å². The maximum atomic E-state index is 13.4. The van der Waals surface area contributed by atoms with Gasteiger partial charge in [0.05, 0.1) is 4.47 Å². The van der Waals surface area contributed by atoms with Crippen molar-refractivity contribution in [2.24, 2.45) is 0 Å². The van der Waals surface area contributed by atoms with Crippen molar-refractivity contribution >= 4 is 15.9 Å². The zero-order valence-electron chi connectivity index (χ0n) is 11.4. The molecule has 0 spiro atoms. The minimum Gasteiger partial charge on any atom is -0.439 e. The second-order valence-electron chi connectivity index (χ2n) is 4.38. The number of pyridine rings is 1. The van der Waals surface area contributed by atoms with Crippen LogP contribution >= 0.6 is 15.9 Å². The number of hydrogen-bond donors (Lipinski definition) is 1. The van der Waals surface area contributed by atoms with E-state index in [1.54, 1.807) is 18.3 Å². The summed E-state index contributed by atoms with van der Waals surface area (Å²) in [7, 11) is 0. The van der Waals surface area contributed by atoms with E-state index in [1.807, 2.05) is 12.1 Å². The van der Waals surface area contributed by atoms with Crippen LogP contribution in [0.4, 0.5) is 4.39 Å². The minimum atomic E-state index is -0.361. The van der Waals surface area contributed by atoms with Gasteiger partial charge < -0.3 is 10.1 Å². The molecule has 2 aromatic rings. The van der Waals surface area contributed by atoms with Crippen LogP contribution in [0.5, 0.6) is 11.6 Å². The van der Waals surface area contributed by atoms with Gasteiger partial charge >= 0.3 is 0 Å². The van der Waals surface area contributed by atoms with Gasteiger partial charge in [-0.1, -0.05) is 6.92 Å². The number of ether oxygens (including phenoxy) is 1. The Morgan fingerprint density at radius 3 is 2.85 bits per heavy atom. The summed E-state index contributed by atoms with van der Waals surface area (Å²) in [5.41, 5.74) is 1.08. The molecule has 5 heteroatoms. The Morgan fingerprint density at radius 2 is 2.15 bits per heavy atom. The van der Waals surface area contributed by atoms with Crippen LogP contribution in [-0.2, 0) is 0 Å². The zero-order chi connectivity index (χ0) is 14.5. The molecule has 106 valence electrons. The van der Waals surface area contributed by atoms with E-state index in [0.29, 0.717) is 16.1 Å². The lowest BCUT2D eigenvalue weighted by Crippen LogP contribution is -2.17. The summed E-state index contributed by atoms with van der Waals surface area (Å²) in [5, 5.41) is 3.32. The first-order chi connectivity index (χ1) is 9.60. The van der Waals surface area contributed by atoms with Crippen molar-refractivity contribution in [1.82, 2.24) is 10.3 Å². The van der Waals surface area contributed by atoms with Gasteiger partial charge in [-0.3, -0.25) is 0 Å². The molecule has 20 heavy (non-hydrogen) atoms. The summed E-state index contributed by atoms with van der Waals surface area (Å²) >= 11 is 3.11. The molecule has 1 atom stereocenters. The molecule has 0 aliphatic carbocycles. The van der Waals surface area contributed by atoms with Crippen LogP contribution in [0.3, 0.4) is 0 Å². The SMILES string of the molecule is CCNC(C)c1ccnc(Oc2ccc(Br)c(F)c2)c1. The van der Waals surface area contributed by atoms with Gasteiger partial charge in [0.15, 0.2) is 0 Å². The van der Waals surface area contributed by atoms with Gasteiger partial charge in [0.25, 0.3) is 0 Å². The molecular formula is C15H16BrFN2O. The second kappa shape index (κ2) is 6.81. The molecular weight excluding hydrogens is 323 g/mol. The van der Waals surface area contributed by atoms with E-state index < -0.39 is 0 Å². The van der Waals surface area contributed by atoms with Crippen LogP contribution in [0.1, 0.15) is 25.5 Å². The molecule has 0 saturated carbocycles. The first kappa shape index (κ1) is 14.9. The smallest absolute Gasteiger partial charge is 0.219 e. The molecule has 0 bridgehead atoms. The van der Waals surface area contributed by atoms with Gasteiger partial charge in [-0.05, 0) is 53.2 Å². The monoisotopic (exact) mass is 338 g/mol. The maximum Gasteiger partial charge on any atom is 0.219 e. The lowest BCUT2D eigenvalue weighted by molar-refractivity contribution is 0.455. The Hall–Kier alpha value is -1.46. The quantitative estimate of drug-likeness (QED) is 0.874. The molecule has 0 aliphatic heterocycles. The molecule has 1 heterocycles. The van der Waals surface area contributed by atoms with E-state index in [1.165, 1.54) is 6.07 Å². The Bertz CT molecular complexity index is 592. The highest BCUT2D eigenvalue weighted by Gasteiger charge is 2.07. The summed E-state index contributed by atoms with van der Waals surface area (Å²) in [6.45, 7) is 5.01. The Kier molecular flexibility index (Phi) is 5.09. The molecule has 0 saturated heterocycles. The largest absolute Gasteiger partial charge is 0.439 e. The average molecular weight is 339 g/mol. The summed E-state index contributed by atoms with van der Waals surface area (Å²) in [4.78, 5) is 4.15. The van der Waals surface area contributed by atoms with Gasteiger partial charge in [-0.2, -0.15) is 0 Å². The number of nitrogens with one attached hydrogen (secondary N) is 1. The summed E-state index contributed by atoms with van der Waals surface area (Å²) in [6.07, 6.45) is 1.69. The molecule has 1 aromatic carbocycles. The van der Waals surface area contributed by atoms with Crippen molar-refractivity contribution < 1.29 is 9.13 Å². The fourth-order valence-electron chi connectivity index (χ4n) is 1.84. The van der Waals surface area contributed by atoms with Gasteiger partial charge in [0.2, 0.25) is 5.88 Å². The van der Waals surface area contributed by atoms with E-state index >= 15 is 0 Å². The lowest BCUT2D eigenvalue weighted by Gasteiger charge is -2.13. The Morgan fingerprint density at radius 1 is 1.35 bits per heavy atom. The molecule has 2 rings (SSSR count). The van der Waals surface area contributed by atoms with Gasteiger partial charge in [0.1, 0.15) is 11.6 Å². The average Bonchev–Trinajstić information content (AvgIpc) is 2.43. The third kappa shape index (κ3) is 3.77. The third-order valence-electron chi connectivity index (χ3n) is 2.88. The normalized spacial score (nSPS) is 12.2. The summed E-state index contributed by atoms with van der Waals surface area (Å²) in [5.74, 6) is 0.514. The fourth-order valence-corrected chi connectivity index (χ4v) is 2.08. The summed E-state index contributed by atoms with van der Waals surface area (Å²) in [6, 6.07) is 8.62. The van der Waals surface area contributed by atoms with Crippen LogP contribution in [0.15, 0.2) is 41.0 Å². The van der Waals surface area contributed by atoms with Gasteiger partial charge in [-0.15, -0.1) is 0 Å². The number of benzene rings is 1. The highest BCUT2D eigenvalue weighted by atomic mass is 79.9. The van der Waals surface area contributed by atoms with Crippen LogP contribution in [0, 0.1) is 5.82 Å². The third-order valence-corrected chi connectivity index (χ3v) is 3.53. The van der Waals surface area contributed by atoms with E-state index in [4.69, 9.17) is 4.74 Å². The standard InChI is InChI=1S/C15H16BrFN2O/c1-3-18-10(2)11-6-7-19-15(8-11)20-12-4-5-13(16)14(17)9-12/h4-10,18H,3H2,1-2H3. The highest BCUT2D eigenvalue weighted by molar-refractivity contribution is 9.10. The summed E-state index contributed by atoms with van der Waals surface area (Å²) < 4.78 is 19.4. The molecule has 0 radical (unpaired) electrons. The maximum absolute atomic E-state index is 13.4. The van der Waals surface area contributed by atoms with E-state index in [0.717, 1.165) is 12.1 Å². The predicted molar refractivity (Wildman–Crippen MR) is 80.5 cm³/mol. The Labute approximate surface area is 126 Å². The number of nitrogens with zero attached hydrogens (tertiary/aromatic N) is 1. The first-order valence-corrected chi connectivity index (χ1v) is 7.21. The van der Waals surface area contributed by atoms with Crippen molar-refractivity contribution in [2.45, 2.75) is 19.9 Å². The molecule has 1 unspecified atom stereocenters. The molecule has 1 aromatic heterocycles. The van der Waals surface area contributed by atoms with Crippen LogP contribution < -0.4 is 10.1 Å². The van der Waals surface area contributed by atoms with Crippen molar-refractivity contribution in [1.29, 1.82) is 0 Å². The van der Waals surface area contributed by atoms with Crippen molar-refractivity contribution in [2.75, 3.05) is 6.54 Å². The number of hydrogen-bond acceptors (Lipinski definition) is 3. The van der Waals surface area contributed by atoms with E-state index in [2.05, 4.69) is 40.1 Å². The predicted octanol–water partition coefficient (Wildman–Crippen LogP) is 4.45. The fraction of sp³-hybridized carbons (Fsp3) is 0.267. The molecule has 1 N–H and O–H groups in total. The van der Waals surface area contributed by atoms with E-state index in [-0.39, 0.29) is 11.9 Å². The number of aromatic nitrogens is 1. The highest BCUT2D eigenvalue weighted by Crippen LogP contribution is 2.26. The van der Waals surface area contributed by atoms with Crippen molar-refractivity contribution in [3.8, 4) is 11.6 Å². The van der Waals surface area contributed by atoms with Crippen LogP contribution in [-0.4, -0.2) is 11.5 Å². The molecule has 0 aliphatic rings. The first-order valence-electron chi connectivity index (χ1n) is 6.42. The topological polar surface area (TPSA) is 34.2 Å². The molecule has 0 amide bonds. The van der Waals surface area contributed by atoms with Gasteiger partial charge in [-0.25, -0.2) is 9.37 Å².